The van der Waals surface area contributed by atoms with Gasteiger partial charge in [0.25, 0.3) is 0 Å². The first kappa shape index (κ1) is 18.6. The number of hydrogen-bond donors (Lipinski definition) is 1. The van der Waals surface area contributed by atoms with Gasteiger partial charge in [-0.25, -0.2) is 4.98 Å². The molecular formula is C16H19F3N4O2. The van der Waals surface area contributed by atoms with Crippen LogP contribution in [0.15, 0.2) is 24.3 Å². The Morgan fingerprint density at radius 1 is 1.04 bits per heavy atom. The summed E-state index contributed by atoms with van der Waals surface area (Å²) in [4.78, 5) is 9.12. The molecule has 6 nitrogen and oxygen atoms in total. The molecule has 0 aliphatic heterocycles. The lowest BCUT2D eigenvalue weighted by atomic mass is 10.2. The summed E-state index contributed by atoms with van der Waals surface area (Å²) >= 11 is 0. The van der Waals surface area contributed by atoms with Gasteiger partial charge in [0, 0.05) is 26.7 Å². The van der Waals surface area contributed by atoms with E-state index in [4.69, 9.17) is 9.47 Å². The Morgan fingerprint density at radius 2 is 1.72 bits per heavy atom. The molecule has 2 aromatic rings. The van der Waals surface area contributed by atoms with Crippen LogP contribution < -0.4 is 19.7 Å². The maximum atomic E-state index is 13.0. The molecule has 0 amide bonds. The molecule has 0 bridgehead atoms. The monoisotopic (exact) mass is 356 g/mol. The second-order valence-electron chi connectivity index (χ2n) is 5.37. The minimum Gasteiger partial charge on any atom is -0.493 e. The highest BCUT2D eigenvalue weighted by atomic mass is 19.4. The lowest BCUT2D eigenvalue weighted by molar-refractivity contribution is -0.141. The van der Waals surface area contributed by atoms with Crippen molar-refractivity contribution in [1.82, 2.24) is 9.97 Å². The zero-order valence-corrected chi connectivity index (χ0v) is 14.3. The number of halogens is 3. The molecule has 0 fully saturated rings. The average Bonchev–Trinajstić information content (AvgIpc) is 2.58. The summed E-state index contributed by atoms with van der Waals surface area (Å²) in [6.07, 6.45) is -4.55. The van der Waals surface area contributed by atoms with Gasteiger partial charge < -0.3 is 19.7 Å². The highest BCUT2D eigenvalue weighted by Crippen LogP contribution is 2.31. The van der Waals surface area contributed by atoms with Crippen molar-refractivity contribution < 1.29 is 22.6 Å². The highest BCUT2D eigenvalue weighted by molar-refractivity contribution is 5.46. The van der Waals surface area contributed by atoms with Gasteiger partial charge in [-0.3, -0.25) is 0 Å². The summed E-state index contributed by atoms with van der Waals surface area (Å²) in [6.45, 7) is 0.231. The maximum absolute atomic E-state index is 13.0. The van der Waals surface area contributed by atoms with E-state index in [0.29, 0.717) is 11.5 Å². The number of rotatable bonds is 6. The number of anilines is 2. The second kappa shape index (κ2) is 7.45. The fraction of sp³-hybridized carbons (Fsp3) is 0.375. The quantitative estimate of drug-likeness (QED) is 0.858. The van der Waals surface area contributed by atoms with Gasteiger partial charge in [-0.15, -0.1) is 0 Å². The molecule has 1 aromatic carbocycles. The second-order valence-corrected chi connectivity index (χ2v) is 5.37. The van der Waals surface area contributed by atoms with Crippen LogP contribution in [0.2, 0.25) is 0 Å². The Hall–Kier alpha value is -2.71. The minimum atomic E-state index is -4.55. The highest BCUT2D eigenvalue weighted by Gasteiger charge is 2.34. The van der Waals surface area contributed by atoms with Crippen molar-refractivity contribution in [3.63, 3.8) is 0 Å². The average molecular weight is 356 g/mol. The van der Waals surface area contributed by atoms with Crippen molar-refractivity contribution in [1.29, 1.82) is 0 Å². The van der Waals surface area contributed by atoms with Gasteiger partial charge >= 0.3 is 6.18 Å². The predicted octanol–water partition coefficient (Wildman–Crippen LogP) is 3.19. The number of benzene rings is 1. The first-order valence-corrected chi connectivity index (χ1v) is 7.33. The van der Waals surface area contributed by atoms with Gasteiger partial charge in [0.2, 0.25) is 5.95 Å². The molecule has 0 aliphatic carbocycles. The number of hydrogen-bond acceptors (Lipinski definition) is 6. The molecule has 0 unspecified atom stereocenters. The fourth-order valence-electron chi connectivity index (χ4n) is 2.06. The van der Waals surface area contributed by atoms with E-state index in [-0.39, 0.29) is 18.3 Å². The molecule has 9 heteroatoms. The van der Waals surface area contributed by atoms with Crippen LogP contribution in [0.3, 0.4) is 0 Å². The standard InChI is InChI=1S/C16H19F3N4O2/c1-23(2)14-8-13(16(17,18)19)21-15(22-14)20-9-10-5-6-11(24-3)12(7-10)25-4/h5-8H,9H2,1-4H3,(H,20,21,22). The molecule has 25 heavy (non-hydrogen) atoms. The van der Waals surface area contributed by atoms with Crippen LogP contribution in [0.1, 0.15) is 11.3 Å². The van der Waals surface area contributed by atoms with Crippen molar-refractivity contribution in [3.05, 3.63) is 35.5 Å². The maximum Gasteiger partial charge on any atom is 0.433 e. The Balaban J connectivity index is 2.24. The van der Waals surface area contributed by atoms with Crippen LogP contribution in [0, 0.1) is 0 Å². The van der Waals surface area contributed by atoms with E-state index in [2.05, 4.69) is 15.3 Å². The summed E-state index contributed by atoms with van der Waals surface area (Å²) in [6, 6.07) is 6.12. The van der Waals surface area contributed by atoms with E-state index in [1.54, 1.807) is 32.3 Å². The van der Waals surface area contributed by atoms with Gasteiger partial charge in [0.05, 0.1) is 14.2 Å². The fourth-order valence-corrected chi connectivity index (χ4v) is 2.06. The van der Waals surface area contributed by atoms with E-state index in [1.165, 1.54) is 19.1 Å². The Labute approximate surface area is 143 Å². The van der Waals surface area contributed by atoms with Crippen LogP contribution in [-0.2, 0) is 12.7 Å². The van der Waals surface area contributed by atoms with E-state index >= 15 is 0 Å². The van der Waals surface area contributed by atoms with Crippen LogP contribution >= 0.6 is 0 Å². The lowest BCUT2D eigenvalue weighted by Gasteiger charge is -2.16. The number of methoxy groups -OCH3 is 2. The number of alkyl halides is 3. The number of ether oxygens (including phenoxy) is 2. The van der Waals surface area contributed by atoms with E-state index < -0.39 is 11.9 Å². The Kier molecular flexibility index (Phi) is 5.55. The summed E-state index contributed by atoms with van der Waals surface area (Å²) in [5.74, 6) is 1.16. The molecule has 0 spiro atoms. The smallest absolute Gasteiger partial charge is 0.433 e. The number of nitrogens with zero attached hydrogens (tertiary/aromatic N) is 3. The molecule has 1 aromatic heterocycles. The van der Waals surface area contributed by atoms with Crippen LogP contribution in [-0.4, -0.2) is 38.3 Å². The van der Waals surface area contributed by atoms with Crippen molar-refractivity contribution >= 4 is 11.8 Å². The molecule has 0 radical (unpaired) electrons. The molecule has 0 aliphatic rings. The largest absolute Gasteiger partial charge is 0.493 e. The Morgan fingerprint density at radius 3 is 2.28 bits per heavy atom. The van der Waals surface area contributed by atoms with E-state index in [0.717, 1.165) is 11.6 Å². The SMILES string of the molecule is COc1ccc(CNc2nc(N(C)C)cc(C(F)(F)F)n2)cc1OC. The van der Waals surface area contributed by atoms with Gasteiger partial charge in [0.1, 0.15) is 5.82 Å². The van der Waals surface area contributed by atoms with Crippen LogP contribution in [0.4, 0.5) is 24.9 Å². The topological polar surface area (TPSA) is 59.5 Å². The molecular weight excluding hydrogens is 337 g/mol. The van der Waals surface area contributed by atoms with E-state index in [9.17, 15) is 13.2 Å². The molecule has 0 saturated carbocycles. The molecule has 0 saturated heterocycles. The number of aromatic nitrogens is 2. The third-order valence-corrected chi connectivity index (χ3v) is 3.36. The Bertz CT molecular complexity index is 736. The normalized spacial score (nSPS) is 11.2. The predicted molar refractivity (Wildman–Crippen MR) is 88.2 cm³/mol. The molecule has 1 heterocycles. The van der Waals surface area contributed by atoms with Gasteiger partial charge in [-0.2, -0.15) is 18.2 Å². The summed E-state index contributed by atoms with van der Waals surface area (Å²) in [7, 11) is 6.25. The van der Waals surface area contributed by atoms with Crippen molar-refractivity contribution in [2.75, 3.05) is 38.5 Å². The van der Waals surface area contributed by atoms with E-state index in [1.807, 2.05) is 0 Å². The van der Waals surface area contributed by atoms with Gasteiger partial charge in [0.15, 0.2) is 17.2 Å². The van der Waals surface area contributed by atoms with Crippen molar-refractivity contribution in [2.24, 2.45) is 0 Å². The van der Waals surface area contributed by atoms with Crippen LogP contribution in [0.25, 0.3) is 0 Å². The lowest BCUT2D eigenvalue weighted by Crippen LogP contribution is -2.17. The molecule has 0 atom stereocenters. The van der Waals surface area contributed by atoms with Gasteiger partial charge in [-0.05, 0) is 17.7 Å². The summed E-state index contributed by atoms with van der Waals surface area (Å²) in [5.41, 5.74) is -0.217. The van der Waals surface area contributed by atoms with Crippen LogP contribution in [0.5, 0.6) is 11.5 Å². The van der Waals surface area contributed by atoms with Gasteiger partial charge in [-0.1, -0.05) is 6.07 Å². The zero-order valence-electron chi connectivity index (χ0n) is 14.3. The first-order valence-electron chi connectivity index (χ1n) is 7.33. The molecule has 136 valence electrons. The number of nitrogens with one attached hydrogen (secondary N) is 1. The van der Waals surface area contributed by atoms with Crippen molar-refractivity contribution in [2.45, 2.75) is 12.7 Å². The summed E-state index contributed by atoms with van der Waals surface area (Å²) < 4.78 is 49.3. The van der Waals surface area contributed by atoms with Crippen molar-refractivity contribution in [3.8, 4) is 11.5 Å². The minimum absolute atomic E-state index is 0.103. The molecule has 1 N–H and O–H groups in total. The molecule has 2 rings (SSSR count). The third-order valence-electron chi connectivity index (χ3n) is 3.36. The summed E-state index contributed by atoms with van der Waals surface area (Å²) in [5, 5.41) is 2.81. The first-order chi connectivity index (χ1) is 11.7. The third kappa shape index (κ3) is 4.65. The zero-order chi connectivity index (χ0) is 18.6.